The fourth-order valence-corrected chi connectivity index (χ4v) is 4.14. The number of carbonyl (C=O) groups is 1. The van der Waals surface area contributed by atoms with Gasteiger partial charge in [0.2, 0.25) is 6.35 Å². The number of anilines is 1. The molecular formula is C20H28N8O7. The average Bonchev–Trinajstić information content (AvgIpc) is 3.44. The van der Waals surface area contributed by atoms with Crippen LogP contribution in [0.15, 0.2) is 22.2 Å². The molecule has 0 saturated heterocycles. The van der Waals surface area contributed by atoms with Crippen molar-refractivity contribution in [3.63, 3.8) is 0 Å². The molecule has 0 spiro atoms. The summed E-state index contributed by atoms with van der Waals surface area (Å²) in [4.78, 5) is 49.0. The van der Waals surface area contributed by atoms with Crippen molar-refractivity contribution >= 4 is 22.9 Å². The maximum atomic E-state index is 13.0. The number of imidazole rings is 2. The van der Waals surface area contributed by atoms with Gasteiger partial charge in [0.05, 0.1) is 51.2 Å². The first-order valence-electron chi connectivity index (χ1n) is 10.8. The molecule has 3 unspecified atom stereocenters. The van der Waals surface area contributed by atoms with Gasteiger partial charge in [-0.05, 0) is 0 Å². The first-order valence-corrected chi connectivity index (χ1v) is 10.8. The van der Waals surface area contributed by atoms with Crippen molar-refractivity contribution in [2.24, 2.45) is 14.1 Å². The normalized spacial score (nSPS) is 17.8. The Morgan fingerprint density at radius 1 is 0.943 bits per heavy atom. The van der Waals surface area contributed by atoms with E-state index in [1.54, 1.807) is 11.9 Å². The average molecular weight is 492 g/mol. The number of aliphatic hydroxyl groups excluding tert-OH is 3. The molecule has 0 aliphatic carbocycles. The van der Waals surface area contributed by atoms with Gasteiger partial charge in [-0.25, -0.2) is 14.8 Å². The summed E-state index contributed by atoms with van der Waals surface area (Å²) >= 11 is 0. The molecule has 190 valence electrons. The maximum Gasteiger partial charge on any atom is 0.332 e. The number of rotatable bonds is 8. The Balaban J connectivity index is 1.49. The standard InChI is InChI=1S/C20H28N8O7/c1-23-15-13(17(32)25(3)19(23)34)28(9-21-15)6-12(31)8-35-20-24(2)16-14(18(33)26(20)4)27(10-22-16)5-11(30)7-29/h9-12,20,29-31H,5-8H2,1-4H3. The lowest BCUT2D eigenvalue weighted by atomic mass is 10.2. The summed E-state index contributed by atoms with van der Waals surface area (Å²) in [5.41, 5.74) is -0.402. The molecule has 35 heavy (non-hydrogen) atoms. The van der Waals surface area contributed by atoms with Crippen LogP contribution in [0.5, 0.6) is 0 Å². The molecule has 0 bridgehead atoms. The van der Waals surface area contributed by atoms with E-state index in [4.69, 9.17) is 9.84 Å². The van der Waals surface area contributed by atoms with Crippen LogP contribution in [0.1, 0.15) is 10.5 Å². The molecule has 1 aliphatic rings. The maximum absolute atomic E-state index is 13.0. The van der Waals surface area contributed by atoms with Gasteiger partial charge >= 0.3 is 5.69 Å². The second-order valence-electron chi connectivity index (χ2n) is 8.52. The van der Waals surface area contributed by atoms with Crippen molar-refractivity contribution in [2.75, 3.05) is 32.2 Å². The number of nitrogens with zero attached hydrogens (tertiary/aromatic N) is 8. The van der Waals surface area contributed by atoms with Gasteiger partial charge in [0.15, 0.2) is 22.7 Å². The van der Waals surface area contributed by atoms with Crippen LogP contribution in [0.2, 0.25) is 0 Å². The third-order valence-electron chi connectivity index (χ3n) is 6.02. The first-order chi connectivity index (χ1) is 16.6. The number of hydrogen-bond acceptors (Lipinski definition) is 10. The van der Waals surface area contributed by atoms with Gasteiger partial charge in [-0.2, -0.15) is 0 Å². The van der Waals surface area contributed by atoms with Crippen LogP contribution in [0.25, 0.3) is 11.2 Å². The highest BCUT2D eigenvalue weighted by Gasteiger charge is 2.38. The van der Waals surface area contributed by atoms with Gasteiger partial charge in [0.25, 0.3) is 11.5 Å². The second kappa shape index (κ2) is 9.26. The number of aromatic nitrogens is 6. The highest BCUT2D eigenvalue weighted by atomic mass is 16.5. The van der Waals surface area contributed by atoms with Crippen molar-refractivity contribution in [1.29, 1.82) is 0 Å². The zero-order chi connectivity index (χ0) is 25.6. The number of amides is 1. The molecule has 0 saturated carbocycles. The number of carbonyl (C=O) groups excluding carboxylic acids is 1. The molecule has 3 atom stereocenters. The van der Waals surface area contributed by atoms with E-state index in [9.17, 15) is 24.6 Å². The van der Waals surface area contributed by atoms with E-state index in [1.165, 1.54) is 52.4 Å². The molecular weight excluding hydrogens is 464 g/mol. The smallest absolute Gasteiger partial charge is 0.332 e. The molecule has 4 heterocycles. The van der Waals surface area contributed by atoms with Crippen LogP contribution in [0.4, 0.5) is 5.82 Å². The Labute approximate surface area is 198 Å². The van der Waals surface area contributed by atoms with E-state index in [1.807, 2.05) is 0 Å². The van der Waals surface area contributed by atoms with E-state index in [0.717, 1.165) is 4.57 Å². The van der Waals surface area contributed by atoms with Gasteiger partial charge < -0.3 is 34.1 Å². The fraction of sp³-hybridized carbons (Fsp3) is 0.550. The van der Waals surface area contributed by atoms with Crippen molar-refractivity contribution < 1.29 is 24.9 Å². The van der Waals surface area contributed by atoms with Crippen LogP contribution >= 0.6 is 0 Å². The minimum Gasteiger partial charge on any atom is -0.394 e. The minimum atomic E-state index is -1.06. The topological polar surface area (TPSA) is 173 Å². The number of fused-ring (bicyclic) bond motifs is 2. The highest BCUT2D eigenvalue weighted by molar-refractivity contribution is 5.99. The summed E-state index contributed by atoms with van der Waals surface area (Å²) in [5.74, 6) is -0.0620. The molecule has 4 rings (SSSR count). The lowest BCUT2D eigenvalue weighted by Crippen LogP contribution is -2.54. The summed E-state index contributed by atoms with van der Waals surface area (Å²) in [7, 11) is 6.08. The Morgan fingerprint density at radius 3 is 2.29 bits per heavy atom. The minimum absolute atomic E-state index is 0.000410. The molecule has 0 radical (unpaired) electrons. The quantitative estimate of drug-likeness (QED) is 0.292. The number of ether oxygens (including phenoxy) is 1. The molecule has 1 amide bonds. The molecule has 15 heteroatoms. The summed E-state index contributed by atoms with van der Waals surface area (Å²) < 4.78 is 11.0. The molecule has 3 aromatic rings. The van der Waals surface area contributed by atoms with E-state index < -0.39 is 42.3 Å². The van der Waals surface area contributed by atoms with E-state index >= 15 is 0 Å². The first kappa shape index (κ1) is 24.6. The van der Waals surface area contributed by atoms with Crippen LogP contribution in [0.3, 0.4) is 0 Å². The summed E-state index contributed by atoms with van der Waals surface area (Å²) in [6.45, 7) is -0.667. The highest BCUT2D eigenvalue weighted by Crippen LogP contribution is 2.28. The van der Waals surface area contributed by atoms with Crippen LogP contribution in [-0.2, 0) is 31.9 Å². The predicted octanol–water partition coefficient (Wildman–Crippen LogP) is -3.13. The number of aliphatic hydroxyl groups is 3. The van der Waals surface area contributed by atoms with Gasteiger partial charge in [0.1, 0.15) is 0 Å². The summed E-state index contributed by atoms with van der Waals surface area (Å²) in [5, 5.41) is 29.5. The molecule has 3 aromatic heterocycles. The third kappa shape index (κ3) is 4.12. The Kier molecular flexibility index (Phi) is 6.50. The number of hydrogen-bond donors (Lipinski definition) is 3. The summed E-state index contributed by atoms with van der Waals surface area (Å²) in [6.07, 6.45) is -0.203. The SMILES string of the molecule is CN1C(=O)c2c(ncn2CC(O)CO)N(C)C1OCC(O)Cn1cnc2c1c(=O)n(C)c(=O)n2C. The van der Waals surface area contributed by atoms with Gasteiger partial charge in [-0.1, -0.05) is 0 Å². The molecule has 1 aliphatic heterocycles. The van der Waals surface area contributed by atoms with Crippen molar-refractivity contribution in [3.05, 3.63) is 39.2 Å². The van der Waals surface area contributed by atoms with E-state index in [2.05, 4.69) is 9.97 Å². The Hall–Kier alpha value is -3.53. The van der Waals surface area contributed by atoms with E-state index in [-0.39, 0.29) is 36.6 Å². The third-order valence-corrected chi connectivity index (χ3v) is 6.02. The largest absolute Gasteiger partial charge is 0.394 e. The van der Waals surface area contributed by atoms with Gasteiger partial charge in [0, 0.05) is 28.2 Å². The second-order valence-corrected chi connectivity index (χ2v) is 8.52. The molecule has 0 fully saturated rings. The Bertz CT molecular complexity index is 1370. The predicted molar refractivity (Wildman–Crippen MR) is 122 cm³/mol. The van der Waals surface area contributed by atoms with Gasteiger partial charge in [-0.15, -0.1) is 0 Å². The Morgan fingerprint density at radius 2 is 1.60 bits per heavy atom. The van der Waals surface area contributed by atoms with Crippen molar-refractivity contribution in [2.45, 2.75) is 31.6 Å². The monoisotopic (exact) mass is 492 g/mol. The van der Waals surface area contributed by atoms with Crippen molar-refractivity contribution in [1.82, 2.24) is 33.1 Å². The lowest BCUT2D eigenvalue weighted by Gasteiger charge is -2.39. The molecule has 0 aromatic carbocycles. The van der Waals surface area contributed by atoms with Gasteiger partial charge in [-0.3, -0.25) is 23.6 Å². The molecule has 3 N–H and O–H groups in total. The molecule has 15 nitrogen and oxygen atoms in total. The van der Waals surface area contributed by atoms with Crippen LogP contribution in [-0.4, -0.2) is 100 Å². The van der Waals surface area contributed by atoms with Crippen LogP contribution < -0.4 is 16.1 Å². The fourth-order valence-electron chi connectivity index (χ4n) is 4.14. The number of aryl methyl sites for hydroxylation is 1. The lowest BCUT2D eigenvalue weighted by molar-refractivity contribution is -0.0710. The zero-order valence-corrected chi connectivity index (χ0v) is 19.8. The van der Waals surface area contributed by atoms with Crippen LogP contribution in [0, 0.1) is 0 Å². The van der Waals surface area contributed by atoms with E-state index in [0.29, 0.717) is 5.82 Å². The van der Waals surface area contributed by atoms with Crippen molar-refractivity contribution in [3.8, 4) is 0 Å². The summed E-state index contributed by atoms with van der Waals surface area (Å²) in [6, 6.07) is 0. The zero-order valence-electron chi connectivity index (χ0n) is 19.8.